The Bertz CT molecular complexity index is 541. The normalized spacial score (nSPS) is 10.5. The van der Waals surface area contributed by atoms with Gasteiger partial charge in [0.25, 0.3) is 0 Å². The zero-order valence-corrected chi connectivity index (χ0v) is 9.81. The van der Waals surface area contributed by atoms with Crippen molar-refractivity contribution in [2.45, 2.75) is 13.0 Å². The fourth-order valence-electron chi connectivity index (χ4n) is 1.32. The molecule has 2 aromatic heterocycles. The second kappa shape index (κ2) is 4.58. The van der Waals surface area contributed by atoms with E-state index >= 15 is 0 Å². The van der Waals surface area contributed by atoms with Gasteiger partial charge in [0.1, 0.15) is 0 Å². The van der Waals surface area contributed by atoms with Crippen molar-refractivity contribution in [3.05, 3.63) is 22.3 Å². The van der Waals surface area contributed by atoms with E-state index in [1.54, 1.807) is 4.57 Å². The molecule has 2 rings (SSSR count). The number of hydrogen-bond acceptors (Lipinski definition) is 5. The van der Waals surface area contributed by atoms with E-state index in [4.69, 9.17) is 12.2 Å². The van der Waals surface area contributed by atoms with Crippen LogP contribution in [0.2, 0.25) is 0 Å². The lowest BCUT2D eigenvalue weighted by Crippen LogP contribution is -2.23. The van der Waals surface area contributed by atoms with Gasteiger partial charge >= 0.3 is 0 Å². The Morgan fingerprint density at radius 3 is 3.12 bits per heavy atom. The van der Waals surface area contributed by atoms with Crippen molar-refractivity contribution in [3.8, 4) is 10.7 Å². The summed E-state index contributed by atoms with van der Waals surface area (Å²) in [4.78, 5) is 11.4. The number of aromatic nitrogens is 3. The Hall–Kier alpha value is -1.47. The standard InChI is InChI=1S/C9H9N3O2S2/c13-7(14)3-4-12-8(10-11-9(12)15)6-2-1-5-16-6/h1-2,5H,3-4H2,(H,11,15)(H,13,14)/p-1. The van der Waals surface area contributed by atoms with Crippen LogP contribution in [0.5, 0.6) is 0 Å². The fourth-order valence-corrected chi connectivity index (χ4v) is 2.27. The summed E-state index contributed by atoms with van der Waals surface area (Å²) in [6.45, 7) is 0.269. The highest BCUT2D eigenvalue weighted by Crippen LogP contribution is 2.22. The molecule has 0 bridgehead atoms. The minimum Gasteiger partial charge on any atom is -0.550 e. The Morgan fingerprint density at radius 2 is 2.50 bits per heavy atom. The van der Waals surface area contributed by atoms with Crippen LogP contribution in [0.1, 0.15) is 6.42 Å². The molecule has 0 amide bonds. The molecule has 0 spiro atoms. The molecule has 2 aromatic rings. The molecule has 0 radical (unpaired) electrons. The van der Waals surface area contributed by atoms with Crippen LogP contribution < -0.4 is 5.11 Å². The summed E-state index contributed by atoms with van der Waals surface area (Å²) < 4.78 is 2.08. The van der Waals surface area contributed by atoms with E-state index in [-0.39, 0.29) is 13.0 Å². The van der Waals surface area contributed by atoms with Crippen molar-refractivity contribution >= 4 is 29.5 Å². The first-order valence-electron chi connectivity index (χ1n) is 4.57. The number of hydrogen-bond donors (Lipinski definition) is 1. The van der Waals surface area contributed by atoms with Crippen molar-refractivity contribution in [2.24, 2.45) is 0 Å². The molecule has 0 unspecified atom stereocenters. The van der Waals surface area contributed by atoms with Gasteiger partial charge in [-0.2, -0.15) is 5.10 Å². The number of carboxylic acid groups (broad SMARTS) is 1. The molecule has 0 aliphatic rings. The number of aliphatic carboxylic acids is 1. The van der Waals surface area contributed by atoms with Crippen LogP contribution >= 0.6 is 23.6 Å². The van der Waals surface area contributed by atoms with Gasteiger partial charge < -0.3 is 9.90 Å². The molecule has 84 valence electrons. The zero-order valence-electron chi connectivity index (χ0n) is 8.17. The first kappa shape index (κ1) is 11.0. The van der Waals surface area contributed by atoms with E-state index in [0.29, 0.717) is 10.6 Å². The maximum Gasteiger partial charge on any atom is 0.195 e. The fraction of sp³-hybridized carbons (Fsp3) is 0.222. The maximum atomic E-state index is 10.4. The number of thiophene rings is 1. The number of H-pyrrole nitrogens is 1. The van der Waals surface area contributed by atoms with E-state index in [9.17, 15) is 9.90 Å². The smallest absolute Gasteiger partial charge is 0.195 e. The zero-order chi connectivity index (χ0) is 11.5. The average Bonchev–Trinajstić information content (AvgIpc) is 2.83. The first-order chi connectivity index (χ1) is 7.68. The van der Waals surface area contributed by atoms with Crippen LogP contribution in [0.25, 0.3) is 10.7 Å². The molecular weight excluding hydrogens is 246 g/mol. The molecule has 0 saturated carbocycles. The van der Waals surface area contributed by atoms with Crippen molar-refractivity contribution in [1.82, 2.24) is 14.8 Å². The van der Waals surface area contributed by atoms with Gasteiger partial charge in [-0.25, -0.2) is 0 Å². The monoisotopic (exact) mass is 254 g/mol. The number of nitrogens with zero attached hydrogens (tertiary/aromatic N) is 2. The van der Waals surface area contributed by atoms with E-state index in [1.807, 2.05) is 17.5 Å². The van der Waals surface area contributed by atoms with Crippen LogP contribution in [0.15, 0.2) is 17.5 Å². The van der Waals surface area contributed by atoms with E-state index in [2.05, 4.69) is 10.2 Å². The molecule has 5 nitrogen and oxygen atoms in total. The average molecular weight is 254 g/mol. The summed E-state index contributed by atoms with van der Waals surface area (Å²) in [7, 11) is 0. The van der Waals surface area contributed by atoms with Crippen molar-refractivity contribution in [1.29, 1.82) is 0 Å². The Labute approximate surface area is 100 Å². The van der Waals surface area contributed by atoms with Gasteiger partial charge in [0.05, 0.1) is 4.88 Å². The SMILES string of the molecule is O=C([O-])CCn1c(-c2cccs2)n[nH]c1=S. The highest BCUT2D eigenvalue weighted by molar-refractivity contribution is 7.71. The van der Waals surface area contributed by atoms with Gasteiger partial charge in [0.15, 0.2) is 10.6 Å². The van der Waals surface area contributed by atoms with Crippen LogP contribution in [-0.2, 0) is 11.3 Å². The van der Waals surface area contributed by atoms with Gasteiger partial charge in [-0.05, 0) is 23.7 Å². The molecule has 1 N–H and O–H groups in total. The number of rotatable bonds is 4. The Balaban J connectivity index is 2.33. The lowest BCUT2D eigenvalue weighted by Gasteiger charge is -2.05. The molecule has 16 heavy (non-hydrogen) atoms. The van der Waals surface area contributed by atoms with Crippen molar-refractivity contribution in [2.75, 3.05) is 0 Å². The van der Waals surface area contributed by atoms with Crippen molar-refractivity contribution in [3.63, 3.8) is 0 Å². The van der Waals surface area contributed by atoms with E-state index in [1.165, 1.54) is 11.3 Å². The van der Waals surface area contributed by atoms with Crippen LogP contribution in [-0.4, -0.2) is 20.7 Å². The third-order valence-electron chi connectivity index (χ3n) is 2.04. The Kier molecular flexibility index (Phi) is 3.16. The van der Waals surface area contributed by atoms with Crippen LogP contribution in [0.4, 0.5) is 0 Å². The molecule has 0 aliphatic heterocycles. The summed E-state index contributed by atoms with van der Waals surface area (Å²) in [6, 6.07) is 3.81. The number of nitrogens with one attached hydrogen (secondary N) is 1. The lowest BCUT2D eigenvalue weighted by molar-refractivity contribution is -0.305. The summed E-state index contributed by atoms with van der Waals surface area (Å²) in [5.41, 5.74) is 0. The second-order valence-electron chi connectivity index (χ2n) is 3.10. The third-order valence-corrected chi connectivity index (χ3v) is 3.22. The lowest BCUT2D eigenvalue weighted by atomic mass is 10.4. The quantitative estimate of drug-likeness (QED) is 0.819. The Morgan fingerprint density at radius 1 is 1.69 bits per heavy atom. The number of carboxylic acids is 1. The van der Waals surface area contributed by atoms with Crippen LogP contribution in [0.3, 0.4) is 0 Å². The van der Waals surface area contributed by atoms with E-state index < -0.39 is 5.97 Å². The molecule has 0 fully saturated rings. The molecule has 2 heterocycles. The molecular formula is C9H8N3O2S2-. The van der Waals surface area contributed by atoms with Gasteiger partial charge in [0.2, 0.25) is 0 Å². The second-order valence-corrected chi connectivity index (χ2v) is 4.44. The minimum atomic E-state index is -1.10. The summed E-state index contributed by atoms with van der Waals surface area (Å²) in [5.74, 6) is -0.429. The topological polar surface area (TPSA) is 73.7 Å². The highest BCUT2D eigenvalue weighted by atomic mass is 32.1. The molecule has 0 atom stereocenters. The van der Waals surface area contributed by atoms with Gasteiger partial charge in [-0.3, -0.25) is 9.67 Å². The van der Waals surface area contributed by atoms with E-state index in [0.717, 1.165) is 4.88 Å². The third kappa shape index (κ3) is 2.20. The summed E-state index contributed by atoms with van der Waals surface area (Å²) in [5, 5.41) is 19.1. The highest BCUT2D eigenvalue weighted by Gasteiger charge is 2.08. The maximum absolute atomic E-state index is 10.4. The van der Waals surface area contributed by atoms with Gasteiger partial charge in [-0.1, -0.05) is 6.07 Å². The van der Waals surface area contributed by atoms with Crippen molar-refractivity contribution < 1.29 is 9.90 Å². The number of aromatic amines is 1. The molecule has 0 aliphatic carbocycles. The predicted octanol–water partition coefficient (Wildman–Crippen LogP) is 0.809. The summed E-state index contributed by atoms with van der Waals surface area (Å²) >= 11 is 6.56. The van der Waals surface area contributed by atoms with Gasteiger partial charge in [0, 0.05) is 18.9 Å². The van der Waals surface area contributed by atoms with Crippen LogP contribution in [0, 0.1) is 4.77 Å². The number of carbonyl (C=O) groups is 1. The molecule has 7 heteroatoms. The first-order valence-corrected chi connectivity index (χ1v) is 5.86. The predicted molar refractivity (Wildman–Crippen MR) is 60.3 cm³/mol. The summed E-state index contributed by atoms with van der Waals surface area (Å²) in [6.07, 6.45) is -0.0772. The minimum absolute atomic E-state index is 0.0772. The molecule has 0 aromatic carbocycles. The van der Waals surface area contributed by atoms with Gasteiger partial charge in [-0.15, -0.1) is 11.3 Å². The number of carbonyl (C=O) groups excluding carboxylic acids is 1. The molecule has 0 saturated heterocycles. The largest absolute Gasteiger partial charge is 0.550 e.